The van der Waals surface area contributed by atoms with Gasteiger partial charge in [0.2, 0.25) is 0 Å². The van der Waals surface area contributed by atoms with E-state index >= 15 is 0 Å². The summed E-state index contributed by atoms with van der Waals surface area (Å²) in [5, 5.41) is 14.5. The van der Waals surface area contributed by atoms with Gasteiger partial charge in [0.25, 0.3) is 0 Å². The lowest BCUT2D eigenvalue weighted by molar-refractivity contribution is 0.0225. The van der Waals surface area contributed by atoms with E-state index in [-0.39, 0.29) is 6.04 Å². The number of fused-ring (bicyclic) bond motifs is 1. The topological polar surface area (TPSA) is 41.5 Å². The molecule has 112 valence electrons. The minimum Gasteiger partial charge on any atom is -0.389 e. The number of benzene rings is 1. The summed E-state index contributed by atoms with van der Waals surface area (Å²) in [5.41, 5.74) is 0.496. The zero-order chi connectivity index (χ0) is 14.6. The van der Waals surface area contributed by atoms with Gasteiger partial charge >= 0.3 is 0 Å². The molecule has 0 amide bonds. The highest BCUT2D eigenvalue weighted by atomic mass is 35.5. The first-order valence-corrected chi connectivity index (χ1v) is 8.25. The van der Waals surface area contributed by atoms with Gasteiger partial charge in [0, 0.05) is 42.6 Å². The van der Waals surface area contributed by atoms with Gasteiger partial charge in [-0.15, -0.1) is 11.8 Å². The largest absolute Gasteiger partial charge is 0.389 e. The van der Waals surface area contributed by atoms with Crippen LogP contribution in [0.15, 0.2) is 23.1 Å². The first kappa shape index (κ1) is 16.1. The molecule has 1 aliphatic rings. The quantitative estimate of drug-likeness (QED) is 0.845. The molecule has 1 heterocycles. The first-order chi connectivity index (χ1) is 9.52. The number of ether oxygens (including phenoxy) is 1. The van der Waals surface area contributed by atoms with Crippen LogP contribution in [0.5, 0.6) is 0 Å². The Morgan fingerprint density at radius 3 is 3.10 bits per heavy atom. The highest BCUT2D eigenvalue weighted by Gasteiger charge is 2.25. The van der Waals surface area contributed by atoms with Gasteiger partial charge in [0.05, 0.1) is 5.60 Å². The molecule has 1 aromatic carbocycles. The van der Waals surface area contributed by atoms with Crippen molar-refractivity contribution in [2.45, 2.75) is 36.3 Å². The van der Waals surface area contributed by atoms with Crippen LogP contribution in [0.25, 0.3) is 0 Å². The van der Waals surface area contributed by atoms with E-state index in [1.165, 1.54) is 10.5 Å². The maximum Gasteiger partial charge on any atom is 0.0765 e. The Hall–Kier alpha value is -0.260. The van der Waals surface area contributed by atoms with E-state index in [0.29, 0.717) is 19.6 Å². The standard InChI is InChI=1S/C15H22ClNO2S/c1-15(18,6-7-19-2)10-17-13-5-8-20-14-4-3-11(16)9-12(13)14/h3-4,9,13,17-18H,5-8,10H2,1-2H3. The Morgan fingerprint density at radius 2 is 2.35 bits per heavy atom. The molecule has 1 aliphatic heterocycles. The number of rotatable bonds is 6. The van der Waals surface area contributed by atoms with Crippen molar-refractivity contribution in [2.24, 2.45) is 0 Å². The molecule has 0 saturated heterocycles. The van der Waals surface area contributed by atoms with Crippen LogP contribution in [0.4, 0.5) is 0 Å². The van der Waals surface area contributed by atoms with Gasteiger partial charge in [-0.25, -0.2) is 0 Å². The van der Waals surface area contributed by atoms with Crippen molar-refractivity contribution < 1.29 is 9.84 Å². The molecule has 2 N–H and O–H groups in total. The van der Waals surface area contributed by atoms with Gasteiger partial charge in [-0.1, -0.05) is 11.6 Å². The molecule has 3 nitrogen and oxygen atoms in total. The summed E-state index contributed by atoms with van der Waals surface area (Å²) in [6.45, 7) is 2.96. The maximum atomic E-state index is 10.3. The molecule has 2 atom stereocenters. The molecule has 0 aromatic heterocycles. The fourth-order valence-electron chi connectivity index (χ4n) is 2.33. The summed E-state index contributed by atoms with van der Waals surface area (Å²) < 4.78 is 5.03. The van der Waals surface area contributed by atoms with E-state index in [9.17, 15) is 5.11 Å². The lowest BCUT2D eigenvalue weighted by Crippen LogP contribution is -2.41. The normalized spacial score (nSPS) is 21.3. The average Bonchev–Trinajstić information content (AvgIpc) is 2.43. The molecule has 2 rings (SSSR count). The zero-order valence-corrected chi connectivity index (χ0v) is 13.6. The highest BCUT2D eigenvalue weighted by Crippen LogP contribution is 2.37. The SMILES string of the molecule is COCCC(C)(O)CNC1CCSc2ccc(Cl)cc21. The van der Waals surface area contributed by atoms with Crippen LogP contribution in [-0.2, 0) is 4.74 Å². The van der Waals surface area contributed by atoms with Gasteiger partial charge in [-0.3, -0.25) is 0 Å². The predicted molar refractivity (Wildman–Crippen MR) is 84.7 cm³/mol. The fourth-order valence-corrected chi connectivity index (χ4v) is 3.62. The number of nitrogens with one attached hydrogen (secondary N) is 1. The van der Waals surface area contributed by atoms with E-state index < -0.39 is 5.60 Å². The molecule has 5 heteroatoms. The number of aliphatic hydroxyl groups is 1. The number of hydrogen-bond donors (Lipinski definition) is 2. The van der Waals surface area contributed by atoms with E-state index in [4.69, 9.17) is 16.3 Å². The zero-order valence-electron chi connectivity index (χ0n) is 12.0. The predicted octanol–water partition coefficient (Wildman–Crippen LogP) is 3.25. The molecule has 2 unspecified atom stereocenters. The van der Waals surface area contributed by atoms with Crippen molar-refractivity contribution in [3.05, 3.63) is 28.8 Å². The summed E-state index contributed by atoms with van der Waals surface area (Å²) >= 11 is 7.96. The first-order valence-electron chi connectivity index (χ1n) is 6.89. The van der Waals surface area contributed by atoms with E-state index in [1.54, 1.807) is 7.11 Å². The second-order valence-corrected chi connectivity index (χ2v) is 7.07. The number of halogens is 1. The Balaban J connectivity index is 1.99. The van der Waals surface area contributed by atoms with Gasteiger partial charge < -0.3 is 15.2 Å². The lowest BCUT2D eigenvalue weighted by atomic mass is 9.99. The number of thioether (sulfide) groups is 1. The molecular weight excluding hydrogens is 294 g/mol. The van der Waals surface area contributed by atoms with Crippen LogP contribution in [0.3, 0.4) is 0 Å². The van der Waals surface area contributed by atoms with Crippen molar-refractivity contribution in [3.8, 4) is 0 Å². The average molecular weight is 316 g/mol. The lowest BCUT2D eigenvalue weighted by Gasteiger charge is -2.30. The Kier molecular flexibility index (Phi) is 5.75. The van der Waals surface area contributed by atoms with Crippen LogP contribution < -0.4 is 5.32 Å². The third kappa shape index (κ3) is 4.37. The highest BCUT2D eigenvalue weighted by molar-refractivity contribution is 7.99. The van der Waals surface area contributed by atoms with Crippen molar-refractivity contribution in [3.63, 3.8) is 0 Å². The summed E-state index contributed by atoms with van der Waals surface area (Å²) in [6.07, 6.45) is 1.68. The van der Waals surface area contributed by atoms with Crippen molar-refractivity contribution in [1.29, 1.82) is 0 Å². The molecule has 0 aliphatic carbocycles. The summed E-state index contributed by atoms with van der Waals surface area (Å²) in [6, 6.07) is 6.31. The molecule has 20 heavy (non-hydrogen) atoms. The third-order valence-corrected chi connectivity index (χ3v) is 4.94. The molecule has 0 fully saturated rings. The summed E-state index contributed by atoms with van der Waals surface area (Å²) in [7, 11) is 1.65. The van der Waals surface area contributed by atoms with Gasteiger partial charge in [0.1, 0.15) is 0 Å². The van der Waals surface area contributed by atoms with Gasteiger partial charge in [-0.2, -0.15) is 0 Å². The molecule has 0 spiro atoms. The van der Waals surface area contributed by atoms with Crippen molar-refractivity contribution >= 4 is 23.4 Å². The second kappa shape index (κ2) is 7.14. The fraction of sp³-hybridized carbons (Fsp3) is 0.600. The molecule has 0 saturated carbocycles. The van der Waals surface area contributed by atoms with Crippen LogP contribution in [-0.4, -0.2) is 36.7 Å². The van der Waals surface area contributed by atoms with Gasteiger partial charge in [-0.05, 0) is 42.9 Å². The van der Waals surface area contributed by atoms with Gasteiger partial charge in [0.15, 0.2) is 0 Å². The number of methoxy groups -OCH3 is 1. The van der Waals surface area contributed by atoms with Crippen LogP contribution in [0.1, 0.15) is 31.4 Å². The van der Waals surface area contributed by atoms with E-state index in [0.717, 1.165) is 17.2 Å². The molecule has 1 aromatic rings. The maximum absolute atomic E-state index is 10.3. The van der Waals surface area contributed by atoms with E-state index in [2.05, 4.69) is 11.4 Å². The van der Waals surface area contributed by atoms with Crippen LogP contribution in [0, 0.1) is 0 Å². The Bertz CT molecular complexity index is 453. The minimum atomic E-state index is -0.751. The van der Waals surface area contributed by atoms with Crippen LogP contribution in [0.2, 0.25) is 5.02 Å². The second-order valence-electron chi connectivity index (χ2n) is 5.49. The van der Waals surface area contributed by atoms with Crippen LogP contribution >= 0.6 is 23.4 Å². The van der Waals surface area contributed by atoms with E-state index in [1.807, 2.05) is 30.8 Å². The molecule has 0 radical (unpaired) electrons. The Labute approximate surface area is 130 Å². The van der Waals surface area contributed by atoms with Crippen molar-refractivity contribution in [2.75, 3.05) is 26.0 Å². The number of hydrogen-bond acceptors (Lipinski definition) is 4. The molecule has 0 bridgehead atoms. The summed E-state index contributed by atoms with van der Waals surface area (Å²) in [5.74, 6) is 1.09. The third-order valence-electron chi connectivity index (χ3n) is 3.59. The van der Waals surface area contributed by atoms with Crippen molar-refractivity contribution in [1.82, 2.24) is 5.32 Å². The Morgan fingerprint density at radius 1 is 1.55 bits per heavy atom. The summed E-state index contributed by atoms with van der Waals surface area (Å²) in [4.78, 5) is 1.29. The smallest absolute Gasteiger partial charge is 0.0765 e. The minimum absolute atomic E-state index is 0.263. The monoisotopic (exact) mass is 315 g/mol. The molecular formula is C15H22ClNO2S.